The van der Waals surface area contributed by atoms with Crippen molar-refractivity contribution in [2.45, 2.75) is 52.0 Å². The van der Waals surface area contributed by atoms with Gasteiger partial charge in [-0.3, -0.25) is 4.79 Å². The maximum atomic E-state index is 11.7. The molecule has 0 amide bonds. The second kappa shape index (κ2) is 7.99. The number of likely N-dealkylation sites (tertiary alicyclic amines) is 1. The number of likely N-dealkylation sites (N-methyl/N-ethyl adjacent to an activating group) is 1. The summed E-state index contributed by atoms with van der Waals surface area (Å²) in [5.41, 5.74) is 0. The molecular weight excluding hydrogens is 252 g/mol. The van der Waals surface area contributed by atoms with E-state index < -0.39 is 0 Å². The number of carbonyl (C=O) groups is 1. The van der Waals surface area contributed by atoms with Crippen LogP contribution in [0, 0.1) is 11.8 Å². The van der Waals surface area contributed by atoms with Crippen LogP contribution in [0.4, 0.5) is 0 Å². The number of nitrogens with zero attached hydrogens (tertiary/aromatic N) is 1. The number of piperidine rings is 1. The van der Waals surface area contributed by atoms with Gasteiger partial charge in [0.2, 0.25) is 0 Å². The standard InChI is InChI=1S/C16H30N2O2/c1-3-18-11-14(9-16(19)20-4-2)8-15(12-18)17-10-13-6-5-7-13/h13-15,17H,3-12H2,1-2H3. The number of nitrogens with one attached hydrogen (secondary N) is 1. The van der Waals surface area contributed by atoms with Gasteiger partial charge in [0, 0.05) is 25.6 Å². The smallest absolute Gasteiger partial charge is 0.306 e. The summed E-state index contributed by atoms with van der Waals surface area (Å²) in [7, 11) is 0. The van der Waals surface area contributed by atoms with Gasteiger partial charge in [-0.2, -0.15) is 0 Å². The molecule has 2 aliphatic rings. The lowest BCUT2D eigenvalue weighted by atomic mass is 9.84. The first-order valence-electron chi connectivity index (χ1n) is 8.32. The Balaban J connectivity index is 1.77. The molecule has 0 aromatic heterocycles. The SMILES string of the molecule is CCOC(=O)CC1CC(NCC2CCC2)CN(CC)C1. The van der Waals surface area contributed by atoms with Crippen molar-refractivity contribution in [3.05, 3.63) is 0 Å². The predicted octanol–water partition coefficient (Wildman–Crippen LogP) is 2.04. The van der Waals surface area contributed by atoms with Gasteiger partial charge < -0.3 is 15.0 Å². The monoisotopic (exact) mass is 282 g/mol. The highest BCUT2D eigenvalue weighted by molar-refractivity contribution is 5.69. The van der Waals surface area contributed by atoms with Crippen LogP contribution in [0.5, 0.6) is 0 Å². The van der Waals surface area contributed by atoms with Crippen molar-refractivity contribution in [2.24, 2.45) is 11.8 Å². The maximum absolute atomic E-state index is 11.7. The van der Waals surface area contributed by atoms with Crippen molar-refractivity contribution in [3.8, 4) is 0 Å². The molecule has 0 aromatic carbocycles. The Morgan fingerprint density at radius 1 is 1.25 bits per heavy atom. The van der Waals surface area contributed by atoms with E-state index in [2.05, 4.69) is 17.1 Å². The highest BCUT2D eigenvalue weighted by atomic mass is 16.5. The van der Waals surface area contributed by atoms with Crippen molar-refractivity contribution in [1.29, 1.82) is 0 Å². The van der Waals surface area contributed by atoms with Gasteiger partial charge in [-0.05, 0) is 51.1 Å². The number of rotatable bonds is 7. The summed E-state index contributed by atoms with van der Waals surface area (Å²) in [6, 6.07) is 0.545. The first-order chi connectivity index (χ1) is 9.71. The Hall–Kier alpha value is -0.610. The molecule has 4 heteroatoms. The van der Waals surface area contributed by atoms with E-state index in [0.717, 1.165) is 38.5 Å². The van der Waals surface area contributed by atoms with Crippen molar-refractivity contribution in [1.82, 2.24) is 10.2 Å². The van der Waals surface area contributed by atoms with Gasteiger partial charge in [0.1, 0.15) is 0 Å². The van der Waals surface area contributed by atoms with E-state index in [1.54, 1.807) is 0 Å². The van der Waals surface area contributed by atoms with Crippen LogP contribution in [-0.4, -0.2) is 49.7 Å². The topological polar surface area (TPSA) is 41.6 Å². The predicted molar refractivity (Wildman–Crippen MR) is 80.6 cm³/mol. The van der Waals surface area contributed by atoms with E-state index in [4.69, 9.17) is 4.74 Å². The van der Waals surface area contributed by atoms with Crippen LogP contribution in [0.1, 0.15) is 46.0 Å². The summed E-state index contributed by atoms with van der Waals surface area (Å²) >= 11 is 0. The third kappa shape index (κ3) is 4.74. The highest BCUT2D eigenvalue weighted by Crippen LogP contribution is 2.26. The molecule has 1 saturated carbocycles. The van der Waals surface area contributed by atoms with Crippen molar-refractivity contribution in [2.75, 3.05) is 32.8 Å². The van der Waals surface area contributed by atoms with Crippen LogP contribution in [0.3, 0.4) is 0 Å². The van der Waals surface area contributed by atoms with Crippen molar-refractivity contribution < 1.29 is 9.53 Å². The van der Waals surface area contributed by atoms with E-state index in [1.807, 2.05) is 6.92 Å². The zero-order valence-electron chi connectivity index (χ0n) is 13.1. The zero-order valence-corrected chi connectivity index (χ0v) is 13.1. The van der Waals surface area contributed by atoms with Gasteiger partial charge >= 0.3 is 5.97 Å². The molecule has 1 saturated heterocycles. The second-order valence-electron chi connectivity index (χ2n) is 6.37. The molecule has 1 aliphatic carbocycles. The molecule has 2 fully saturated rings. The minimum atomic E-state index is -0.0341. The molecule has 2 rings (SSSR count). The Bertz CT molecular complexity index is 305. The summed E-state index contributed by atoms with van der Waals surface area (Å²) in [5, 5.41) is 3.73. The van der Waals surface area contributed by atoms with Crippen LogP contribution >= 0.6 is 0 Å². The van der Waals surface area contributed by atoms with Gasteiger partial charge in [-0.15, -0.1) is 0 Å². The number of carbonyl (C=O) groups excluding carboxylic acids is 1. The molecule has 0 aromatic rings. The molecule has 1 heterocycles. The molecule has 20 heavy (non-hydrogen) atoms. The summed E-state index contributed by atoms with van der Waals surface area (Å²) in [4.78, 5) is 14.1. The van der Waals surface area contributed by atoms with Crippen LogP contribution in [0.2, 0.25) is 0 Å². The van der Waals surface area contributed by atoms with Crippen LogP contribution in [0.25, 0.3) is 0 Å². The normalized spacial score (nSPS) is 28.1. The number of esters is 1. The van der Waals surface area contributed by atoms with Gasteiger partial charge in [0.15, 0.2) is 0 Å². The Labute approximate surface area is 123 Å². The fourth-order valence-electron chi connectivity index (χ4n) is 3.34. The summed E-state index contributed by atoms with van der Waals surface area (Å²) < 4.78 is 5.10. The minimum Gasteiger partial charge on any atom is -0.466 e. The van der Waals surface area contributed by atoms with Gasteiger partial charge in [-0.25, -0.2) is 0 Å². The molecule has 0 radical (unpaired) electrons. The van der Waals surface area contributed by atoms with E-state index in [-0.39, 0.29) is 5.97 Å². The van der Waals surface area contributed by atoms with Crippen LogP contribution in [-0.2, 0) is 9.53 Å². The minimum absolute atomic E-state index is 0.0341. The molecule has 116 valence electrons. The molecule has 2 unspecified atom stereocenters. The van der Waals surface area contributed by atoms with Crippen LogP contribution in [0.15, 0.2) is 0 Å². The first-order valence-corrected chi connectivity index (χ1v) is 8.32. The molecule has 0 bridgehead atoms. The summed E-state index contributed by atoms with van der Waals surface area (Å²) in [6.45, 7) is 8.97. The summed E-state index contributed by atoms with van der Waals surface area (Å²) in [5.74, 6) is 1.31. The second-order valence-corrected chi connectivity index (χ2v) is 6.37. The van der Waals surface area contributed by atoms with E-state index in [9.17, 15) is 4.79 Å². The zero-order chi connectivity index (χ0) is 14.4. The molecule has 4 nitrogen and oxygen atoms in total. The quantitative estimate of drug-likeness (QED) is 0.726. The average Bonchev–Trinajstić information content (AvgIpc) is 2.36. The average molecular weight is 282 g/mol. The molecule has 1 aliphatic heterocycles. The number of hydrogen-bond acceptors (Lipinski definition) is 4. The van der Waals surface area contributed by atoms with Gasteiger partial charge in [-0.1, -0.05) is 13.3 Å². The third-order valence-electron chi connectivity index (χ3n) is 4.74. The lowest BCUT2D eigenvalue weighted by molar-refractivity contribution is -0.144. The molecular formula is C16H30N2O2. The number of hydrogen-bond donors (Lipinski definition) is 1. The van der Waals surface area contributed by atoms with E-state index in [1.165, 1.54) is 19.3 Å². The lowest BCUT2D eigenvalue weighted by Crippen LogP contribution is -2.50. The largest absolute Gasteiger partial charge is 0.466 e. The van der Waals surface area contributed by atoms with Gasteiger partial charge in [0.25, 0.3) is 0 Å². The summed E-state index contributed by atoms with van der Waals surface area (Å²) in [6.07, 6.45) is 5.88. The lowest BCUT2D eigenvalue weighted by Gasteiger charge is -2.38. The fourth-order valence-corrected chi connectivity index (χ4v) is 3.34. The van der Waals surface area contributed by atoms with E-state index in [0.29, 0.717) is 25.0 Å². The van der Waals surface area contributed by atoms with Crippen molar-refractivity contribution in [3.63, 3.8) is 0 Å². The van der Waals surface area contributed by atoms with Crippen LogP contribution < -0.4 is 5.32 Å². The van der Waals surface area contributed by atoms with Gasteiger partial charge in [0.05, 0.1) is 6.61 Å². The highest BCUT2D eigenvalue weighted by Gasteiger charge is 2.29. The third-order valence-corrected chi connectivity index (χ3v) is 4.74. The maximum Gasteiger partial charge on any atom is 0.306 e. The fraction of sp³-hybridized carbons (Fsp3) is 0.938. The molecule has 2 atom stereocenters. The van der Waals surface area contributed by atoms with Crippen molar-refractivity contribution >= 4 is 5.97 Å². The Morgan fingerprint density at radius 3 is 2.65 bits per heavy atom. The Kier molecular flexibility index (Phi) is 6.30. The molecule has 0 spiro atoms. The molecule has 1 N–H and O–H groups in total. The Morgan fingerprint density at radius 2 is 2.05 bits per heavy atom. The van der Waals surface area contributed by atoms with E-state index >= 15 is 0 Å². The first kappa shape index (κ1) is 15.8. The number of ether oxygens (including phenoxy) is 1.